The summed E-state index contributed by atoms with van der Waals surface area (Å²) in [6, 6.07) is 4.55. The fraction of sp³-hybridized carbons (Fsp3) is 0.571. The minimum absolute atomic E-state index is 0.167. The Morgan fingerprint density at radius 3 is 2.67 bits per heavy atom. The van der Waals surface area contributed by atoms with Crippen molar-refractivity contribution in [1.29, 1.82) is 0 Å². The number of nitrogens with two attached hydrogens (primary N) is 1. The average Bonchev–Trinajstić information content (AvgIpc) is 2.32. The van der Waals surface area contributed by atoms with Crippen LogP contribution in [0.25, 0.3) is 0 Å². The van der Waals surface area contributed by atoms with Gasteiger partial charge in [0.15, 0.2) is 0 Å². The molecule has 0 bridgehead atoms. The number of ether oxygens (including phenoxy) is 1. The molecule has 0 aromatic heterocycles. The lowest BCUT2D eigenvalue weighted by molar-refractivity contribution is 0.112. The Balaban J connectivity index is 2.11. The Morgan fingerprint density at radius 1 is 1.39 bits per heavy atom. The van der Waals surface area contributed by atoms with E-state index in [2.05, 4.69) is 11.9 Å². The first-order valence-corrected chi connectivity index (χ1v) is 6.47. The van der Waals surface area contributed by atoms with Gasteiger partial charge >= 0.3 is 0 Å². The van der Waals surface area contributed by atoms with Gasteiger partial charge in [0.1, 0.15) is 17.7 Å². The summed E-state index contributed by atoms with van der Waals surface area (Å²) in [7, 11) is 2.10. The van der Waals surface area contributed by atoms with Crippen LogP contribution in [-0.2, 0) is 0 Å². The fourth-order valence-electron chi connectivity index (χ4n) is 2.34. The van der Waals surface area contributed by atoms with Gasteiger partial charge in [-0.3, -0.25) is 0 Å². The molecule has 1 aliphatic heterocycles. The Hall–Kier alpha value is -1.13. The Bertz CT molecular complexity index is 401. The van der Waals surface area contributed by atoms with Crippen molar-refractivity contribution < 1.29 is 9.13 Å². The molecule has 18 heavy (non-hydrogen) atoms. The SMILES string of the molecule is CC(N)c1c(F)cccc1OC1CCN(C)CC1. The van der Waals surface area contributed by atoms with E-state index in [1.807, 2.05) is 0 Å². The van der Waals surface area contributed by atoms with Crippen LogP contribution in [0, 0.1) is 5.82 Å². The van der Waals surface area contributed by atoms with E-state index in [1.165, 1.54) is 6.07 Å². The van der Waals surface area contributed by atoms with Crippen molar-refractivity contribution in [1.82, 2.24) is 4.90 Å². The monoisotopic (exact) mass is 252 g/mol. The molecule has 1 aromatic carbocycles. The summed E-state index contributed by atoms with van der Waals surface area (Å²) in [4.78, 5) is 2.28. The molecule has 0 radical (unpaired) electrons. The second-order valence-corrected chi connectivity index (χ2v) is 5.06. The van der Waals surface area contributed by atoms with E-state index >= 15 is 0 Å². The van der Waals surface area contributed by atoms with Crippen molar-refractivity contribution in [3.63, 3.8) is 0 Å². The molecule has 0 amide bonds. The predicted molar refractivity (Wildman–Crippen MR) is 70.1 cm³/mol. The first-order chi connectivity index (χ1) is 8.58. The molecule has 2 rings (SSSR count). The maximum absolute atomic E-state index is 13.7. The van der Waals surface area contributed by atoms with Gasteiger partial charge in [-0.2, -0.15) is 0 Å². The fourth-order valence-corrected chi connectivity index (χ4v) is 2.34. The highest BCUT2D eigenvalue weighted by Crippen LogP contribution is 2.28. The molecule has 1 aromatic rings. The van der Waals surface area contributed by atoms with Crippen LogP contribution in [0.3, 0.4) is 0 Å². The van der Waals surface area contributed by atoms with Gasteiger partial charge in [-0.25, -0.2) is 4.39 Å². The third kappa shape index (κ3) is 3.00. The predicted octanol–water partition coefficient (Wildman–Crippen LogP) is 2.32. The highest BCUT2D eigenvalue weighted by Gasteiger charge is 2.21. The van der Waals surface area contributed by atoms with Crippen molar-refractivity contribution in [3.8, 4) is 5.75 Å². The summed E-state index contributed by atoms with van der Waals surface area (Å²) in [5, 5.41) is 0. The summed E-state index contributed by atoms with van der Waals surface area (Å²) < 4.78 is 19.7. The molecule has 100 valence electrons. The number of halogens is 1. The normalized spacial score (nSPS) is 19.8. The molecule has 0 aliphatic carbocycles. The van der Waals surface area contributed by atoms with Gasteiger partial charge in [-0.1, -0.05) is 6.07 Å². The second-order valence-electron chi connectivity index (χ2n) is 5.06. The Morgan fingerprint density at radius 2 is 2.06 bits per heavy atom. The van der Waals surface area contributed by atoms with E-state index in [1.54, 1.807) is 19.1 Å². The summed E-state index contributed by atoms with van der Waals surface area (Å²) in [5.74, 6) is 0.315. The minimum atomic E-state index is -0.354. The molecule has 1 saturated heterocycles. The molecule has 1 unspecified atom stereocenters. The van der Waals surface area contributed by atoms with Gasteiger partial charge in [0.05, 0.1) is 0 Å². The molecular formula is C14H21FN2O. The Kier molecular flexibility index (Phi) is 4.19. The zero-order valence-electron chi connectivity index (χ0n) is 11.0. The summed E-state index contributed by atoms with van der Waals surface area (Å²) in [5.41, 5.74) is 6.30. The van der Waals surface area contributed by atoms with E-state index in [4.69, 9.17) is 10.5 Å². The molecule has 3 nitrogen and oxygen atoms in total. The maximum atomic E-state index is 13.7. The minimum Gasteiger partial charge on any atom is -0.490 e. The van der Waals surface area contributed by atoms with Crippen LogP contribution in [-0.4, -0.2) is 31.1 Å². The largest absolute Gasteiger partial charge is 0.490 e. The standard InChI is InChI=1S/C14H21FN2O/c1-10(16)14-12(15)4-3-5-13(14)18-11-6-8-17(2)9-7-11/h3-5,10-11H,6-9,16H2,1-2H3. The number of rotatable bonds is 3. The van der Waals surface area contributed by atoms with E-state index in [-0.39, 0.29) is 18.0 Å². The topological polar surface area (TPSA) is 38.5 Å². The lowest BCUT2D eigenvalue weighted by Gasteiger charge is -2.30. The van der Waals surface area contributed by atoms with Crippen LogP contribution >= 0.6 is 0 Å². The van der Waals surface area contributed by atoms with Crippen molar-refractivity contribution in [2.45, 2.75) is 31.9 Å². The van der Waals surface area contributed by atoms with Gasteiger partial charge < -0.3 is 15.4 Å². The number of likely N-dealkylation sites (tertiary alicyclic amines) is 1. The molecular weight excluding hydrogens is 231 g/mol. The molecule has 0 saturated carbocycles. The van der Waals surface area contributed by atoms with Crippen LogP contribution in [0.2, 0.25) is 0 Å². The number of hydrogen-bond donors (Lipinski definition) is 1. The van der Waals surface area contributed by atoms with Gasteiger partial charge in [-0.15, -0.1) is 0 Å². The van der Waals surface area contributed by atoms with E-state index < -0.39 is 0 Å². The number of nitrogens with zero attached hydrogens (tertiary/aromatic N) is 1. The first-order valence-electron chi connectivity index (χ1n) is 6.47. The lowest BCUT2D eigenvalue weighted by Crippen LogP contribution is -2.36. The summed E-state index contributed by atoms with van der Waals surface area (Å²) >= 11 is 0. The molecule has 1 aliphatic rings. The van der Waals surface area contributed by atoms with E-state index in [9.17, 15) is 4.39 Å². The molecule has 1 fully saturated rings. The van der Waals surface area contributed by atoms with Crippen LogP contribution in [0.4, 0.5) is 4.39 Å². The van der Waals surface area contributed by atoms with Crippen molar-refractivity contribution in [2.24, 2.45) is 5.73 Å². The van der Waals surface area contributed by atoms with Crippen molar-refractivity contribution in [3.05, 3.63) is 29.6 Å². The van der Waals surface area contributed by atoms with Crippen LogP contribution in [0.1, 0.15) is 31.4 Å². The molecule has 0 spiro atoms. The average molecular weight is 252 g/mol. The molecule has 1 atom stereocenters. The van der Waals surface area contributed by atoms with Gasteiger partial charge in [0.25, 0.3) is 0 Å². The number of hydrogen-bond acceptors (Lipinski definition) is 3. The van der Waals surface area contributed by atoms with Gasteiger partial charge in [-0.05, 0) is 38.9 Å². The first kappa shape index (κ1) is 13.3. The zero-order valence-corrected chi connectivity index (χ0v) is 11.0. The zero-order chi connectivity index (χ0) is 13.1. The summed E-state index contributed by atoms with van der Waals surface area (Å²) in [6.45, 7) is 3.82. The van der Waals surface area contributed by atoms with Crippen LogP contribution in [0.15, 0.2) is 18.2 Å². The molecule has 2 N–H and O–H groups in total. The van der Waals surface area contributed by atoms with E-state index in [0.29, 0.717) is 11.3 Å². The number of benzene rings is 1. The summed E-state index contributed by atoms with van der Waals surface area (Å²) in [6.07, 6.45) is 2.12. The van der Waals surface area contributed by atoms with Gasteiger partial charge in [0, 0.05) is 24.7 Å². The van der Waals surface area contributed by atoms with Crippen LogP contribution in [0.5, 0.6) is 5.75 Å². The van der Waals surface area contributed by atoms with Crippen LogP contribution < -0.4 is 10.5 Å². The smallest absolute Gasteiger partial charge is 0.131 e. The molecule has 1 heterocycles. The maximum Gasteiger partial charge on any atom is 0.131 e. The quantitative estimate of drug-likeness (QED) is 0.897. The van der Waals surface area contributed by atoms with Gasteiger partial charge in [0.2, 0.25) is 0 Å². The van der Waals surface area contributed by atoms with Crippen molar-refractivity contribution in [2.75, 3.05) is 20.1 Å². The second kappa shape index (κ2) is 5.67. The third-order valence-corrected chi connectivity index (χ3v) is 3.43. The number of piperidine rings is 1. The highest BCUT2D eigenvalue weighted by atomic mass is 19.1. The highest BCUT2D eigenvalue weighted by molar-refractivity contribution is 5.37. The third-order valence-electron chi connectivity index (χ3n) is 3.43. The Labute approximate surface area is 108 Å². The lowest BCUT2D eigenvalue weighted by atomic mass is 10.1. The van der Waals surface area contributed by atoms with Crippen molar-refractivity contribution >= 4 is 0 Å². The molecule has 4 heteroatoms. The van der Waals surface area contributed by atoms with E-state index in [0.717, 1.165) is 25.9 Å².